The quantitative estimate of drug-likeness (QED) is 0.608. The number of nitrogens with one attached hydrogen (secondary N) is 1. The predicted octanol–water partition coefficient (Wildman–Crippen LogP) is 4.15. The van der Waals surface area contributed by atoms with E-state index < -0.39 is 0 Å². The van der Waals surface area contributed by atoms with Crippen LogP contribution in [0.15, 0.2) is 47.1 Å². The van der Waals surface area contributed by atoms with E-state index in [1.54, 1.807) is 12.1 Å². The van der Waals surface area contributed by atoms with Gasteiger partial charge in [0.05, 0.1) is 17.2 Å². The molecule has 4 aromatic rings. The molecule has 0 saturated carbocycles. The van der Waals surface area contributed by atoms with Crippen molar-refractivity contribution in [1.29, 1.82) is 0 Å². The van der Waals surface area contributed by atoms with Crippen molar-refractivity contribution >= 4 is 33.7 Å². The number of hydrogen-bond donors (Lipinski definition) is 1. The number of para-hydroxylation sites is 1. The zero-order valence-corrected chi connectivity index (χ0v) is 14.1. The molecule has 0 atom stereocenters. The monoisotopic (exact) mass is 334 g/mol. The Hall–Kier alpha value is -3.15. The Balaban J connectivity index is 1.87. The largest absolute Gasteiger partial charge is 0.459 e. The van der Waals surface area contributed by atoms with Crippen LogP contribution < -0.4 is 5.32 Å². The van der Waals surface area contributed by atoms with Crippen molar-refractivity contribution in [3.05, 3.63) is 54.0 Å². The fraction of sp³-hybridized carbons (Fsp3) is 0.211. The molecule has 1 aromatic carbocycles. The molecule has 1 amide bonds. The third kappa shape index (κ3) is 2.65. The second-order valence-corrected chi connectivity index (χ2v) is 6.01. The highest BCUT2D eigenvalue weighted by atomic mass is 16.3. The topological polar surface area (TPSA) is 73.0 Å². The van der Waals surface area contributed by atoms with E-state index in [0.717, 1.165) is 40.5 Å². The standard InChI is InChI=1S/C19H18N4O2/c1-3-9-23-18-14(11-13-7-4-6-12(2)16(13)20-18)17(22-23)21-19(24)15-8-5-10-25-15/h4-8,10-11H,3,9H2,1-2H3,(H,21,22,24). The maximum absolute atomic E-state index is 12.3. The number of fused-ring (bicyclic) bond motifs is 2. The Bertz CT molecular complexity index is 1060. The zero-order valence-electron chi connectivity index (χ0n) is 14.1. The Morgan fingerprint density at radius 1 is 1.28 bits per heavy atom. The second-order valence-electron chi connectivity index (χ2n) is 6.01. The molecular formula is C19H18N4O2. The summed E-state index contributed by atoms with van der Waals surface area (Å²) in [4.78, 5) is 17.1. The van der Waals surface area contributed by atoms with Crippen LogP contribution in [0.25, 0.3) is 21.9 Å². The second kappa shape index (κ2) is 6.05. The molecule has 0 unspecified atom stereocenters. The van der Waals surface area contributed by atoms with E-state index in [0.29, 0.717) is 5.82 Å². The van der Waals surface area contributed by atoms with E-state index in [1.165, 1.54) is 6.26 Å². The van der Waals surface area contributed by atoms with E-state index in [1.807, 2.05) is 35.9 Å². The molecule has 1 N–H and O–H groups in total. The number of rotatable bonds is 4. The first-order valence-electron chi connectivity index (χ1n) is 8.29. The lowest BCUT2D eigenvalue weighted by molar-refractivity contribution is 0.0996. The van der Waals surface area contributed by atoms with Gasteiger partial charge in [0.25, 0.3) is 5.91 Å². The third-order valence-corrected chi connectivity index (χ3v) is 4.16. The lowest BCUT2D eigenvalue weighted by atomic mass is 10.1. The SMILES string of the molecule is CCCn1nc(NC(=O)c2ccco2)c2cc3cccc(C)c3nc21. The van der Waals surface area contributed by atoms with Crippen LogP contribution in [0.2, 0.25) is 0 Å². The summed E-state index contributed by atoms with van der Waals surface area (Å²) in [5.74, 6) is 0.431. The minimum Gasteiger partial charge on any atom is -0.459 e. The molecular weight excluding hydrogens is 316 g/mol. The molecule has 25 heavy (non-hydrogen) atoms. The third-order valence-electron chi connectivity index (χ3n) is 4.16. The number of amides is 1. The smallest absolute Gasteiger partial charge is 0.292 e. The Morgan fingerprint density at radius 2 is 2.16 bits per heavy atom. The van der Waals surface area contributed by atoms with Crippen LogP contribution >= 0.6 is 0 Å². The molecule has 0 spiro atoms. The number of aryl methyl sites for hydroxylation is 2. The highest BCUT2D eigenvalue weighted by Crippen LogP contribution is 2.27. The number of carbonyl (C=O) groups is 1. The van der Waals surface area contributed by atoms with Crippen molar-refractivity contribution in [3.63, 3.8) is 0 Å². The predicted molar refractivity (Wildman–Crippen MR) is 96.7 cm³/mol. The molecule has 0 aliphatic carbocycles. The molecule has 0 bridgehead atoms. The summed E-state index contributed by atoms with van der Waals surface area (Å²) in [6, 6.07) is 11.4. The van der Waals surface area contributed by atoms with Crippen LogP contribution in [0.4, 0.5) is 5.82 Å². The van der Waals surface area contributed by atoms with Crippen LogP contribution in [0.1, 0.15) is 29.5 Å². The molecule has 0 radical (unpaired) electrons. The van der Waals surface area contributed by atoms with Gasteiger partial charge in [-0.2, -0.15) is 5.10 Å². The maximum atomic E-state index is 12.3. The van der Waals surface area contributed by atoms with Gasteiger partial charge >= 0.3 is 0 Å². The van der Waals surface area contributed by atoms with Crippen LogP contribution in [-0.2, 0) is 6.54 Å². The van der Waals surface area contributed by atoms with Crippen molar-refractivity contribution < 1.29 is 9.21 Å². The maximum Gasteiger partial charge on any atom is 0.292 e. The molecule has 0 aliphatic rings. The van der Waals surface area contributed by atoms with Crippen molar-refractivity contribution in [2.75, 3.05) is 5.32 Å². The van der Waals surface area contributed by atoms with E-state index in [9.17, 15) is 4.79 Å². The van der Waals surface area contributed by atoms with Crippen LogP contribution in [0.5, 0.6) is 0 Å². The van der Waals surface area contributed by atoms with Crippen LogP contribution in [0.3, 0.4) is 0 Å². The molecule has 4 rings (SSSR count). The zero-order chi connectivity index (χ0) is 17.4. The Morgan fingerprint density at radius 3 is 2.92 bits per heavy atom. The van der Waals surface area contributed by atoms with Gasteiger partial charge in [-0.15, -0.1) is 0 Å². The Kier molecular flexibility index (Phi) is 3.72. The van der Waals surface area contributed by atoms with E-state index in [2.05, 4.69) is 17.3 Å². The molecule has 0 aliphatic heterocycles. The first-order chi connectivity index (χ1) is 12.2. The summed E-state index contributed by atoms with van der Waals surface area (Å²) in [7, 11) is 0. The molecule has 6 heteroatoms. The number of aromatic nitrogens is 3. The number of benzene rings is 1. The summed E-state index contributed by atoms with van der Waals surface area (Å²) >= 11 is 0. The van der Waals surface area contributed by atoms with Gasteiger partial charge in [-0.05, 0) is 37.1 Å². The number of carbonyl (C=O) groups excluding carboxylic acids is 1. The summed E-state index contributed by atoms with van der Waals surface area (Å²) in [5.41, 5.74) is 2.85. The number of pyridine rings is 1. The fourth-order valence-electron chi connectivity index (χ4n) is 2.97. The highest BCUT2D eigenvalue weighted by Gasteiger charge is 2.17. The lowest BCUT2D eigenvalue weighted by Crippen LogP contribution is -2.12. The molecule has 3 aromatic heterocycles. The summed E-state index contributed by atoms with van der Waals surface area (Å²) in [6.45, 7) is 4.86. The van der Waals surface area contributed by atoms with Gasteiger partial charge in [0.1, 0.15) is 0 Å². The lowest BCUT2D eigenvalue weighted by Gasteiger charge is -2.04. The average Bonchev–Trinajstić information content (AvgIpc) is 3.24. The minimum absolute atomic E-state index is 0.253. The number of furan rings is 1. The number of anilines is 1. The summed E-state index contributed by atoms with van der Waals surface area (Å²) in [5, 5.41) is 9.25. The first-order valence-corrected chi connectivity index (χ1v) is 8.29. The van der Waals surface area contributed by atoms with Gasteiger partial charge in [0.2, 0.25) is 0 Å². The van der Waals surface area contributed by atoms with Gasteiger partial charge in [-0.1, -0.05) is 25.1 Å². The van der Waals surface area contributed by atoms with Gasteiger partial charge < -0.3 is 9.73 Å². The van der Waals surface area contributed by atoms with E-state index in [-0.39, 0.29) is 11.7 Å². The molecule has 3 heterocycles. The van der Waals surface area contributed by atoms with Gasteiger partial charge in [-0.3, -0.25) is 4.79 Å². The molecule has 6 nitrogen and oxygen atoms in total. The fourth-order valence-corrected chi connectivity index (χ4v) is 2.97. The summed E-state index contributed by atoms with van der Waals surface area (Å²) < 4.78 is 7.00. The molecule has 0 fully saturated rings. The average molecular weight is 334 g/mol. The molecule has 0 saturated heterocycles. The van der Waals surface area contributed by atoms with Gasteiger partial charge in [0, 0.05) is 11.9 Å². The van der Waals surface area contributed by atoms with Crippen molar-refractivity contribution in [2.24, 2.45) is 0 Å². The van der Waals surface area contributed by atoms with Crippen molar-refractivity contribution in [3.8, 4) is 0 Å². The number of nitrogens with zero attached hydrogens (tertiary/aromatic N) is 3. The van der Waals surface area contributed by atoms with Crippen molar-refractivity contribution in [1.82, 2.24) is 14.8 Å². The van der Waals surface area contributed by atoms with Gasteiger partial charge in [-0.25, -0.2) is 9.67 Å². The highest BCUT2D eigenvalue weighted by molar-refractivity contribution is 6.07. The van der Waals surface area contributed by atoms with Crippen molar-refractivity contribution in [2.45, 2.75) is 26.8 Å². The van der Waals surface area contributed by atoms with E-state index >= 15 is 0 Å². The van der Waals surface area contributed by atoms with Crippen LogP contribution in [0, 0.1) is 6.92 Å². The normalized spacial score (nSPS) is 11.3. The minimum atomic E-state index is -0.322. The number of hydrogen-bond acceptors (Lipinski definition) is 4. The van der Waals surface area contributed by atoms with Gasteiger partial charge in [0.15, 0.2) is 17.2 Å². The molecule has 126 valence electrons. The first kappa shape index (κ1) is 15.4. The van der Waals surface area contributed by atoms with Crippen LogP contribution in [-0.4, -0.2) is 20.7 Å². The van der Waals surface area contributed by atoms with E-state index in [4.69, 9.17) is 9.40 Å². The Labute approximate surface area is 144 Å². The summed E-state index contributed by atoms with van der Waals surface area (Å²) in [6.07, 6.45) is 2.40.